The van der Waals surface area contributed by atoms with Crippen LogP contribution >= 0.6 is 11.3 Å². The molecular formula is C16H19N3O2S2. The van der Waals surface area contributed by atoms with Crippen LogP contribution in [-0.4, -0.2) is 32.5 Å². The molecule has 1 saturated heterocycles. The van der Waals surface area contributed by atoms with Gasteiger partial charge in [0.1, 0.15) is 0 Å². The third-order valence-corrected chi connectivity index (χ3v) is 5.71. The molecule has 0 aliphatic carbocycles. The van der Waals surface area contributed by atoms with Crippen LogP contribution in [-0.2, 0) is 10.0 Å². The molecule has 23 heavy (non-hydrogen) atoms. The first kappa shape index (κ1) is 16.2. The topological polar surface area (TPSA) is 62.3 Å². The van der Waals surface area contributed by atoms with Gasteiger partial charge in [0, 0.05) is 36.1 Å². The number of thiazole rings is 1. The Hall–Kier alpha value is -1.70. The molecule has 5 nitrogen and oxygen atoms in total. The first-order chi connectivity index (χ1) is 11.0. The molecule has 7 heteroatoms. The quantitative estimate of drug-likeness (QED) is 0.901. The number of hydrogen-bond donors (Lipinski definition) is 1. The van der Waals surface area contributed by atoms with Gasteiger partial charge in [0.05, 0.1) is 0 Å². The Morgan fingerprint density at radius 3 is 2.83 bits per heavy atom. The fraction of sp³-hybridized carbons (Fsp3) is 0.312. The molecule has 0 bridgehead atoms. The molecule has 1 fully saturated rings. The van der Waals surface area contributed by atoms with E-state index in [1.807, 2.05) is 36.6 Å². The third kappa shape index (κ3) is 4.40. The second-order valence-corrected chi connectivity index (χ2v) is 8.09. The average molecular weight is 349 g/mol. The first-order valence-corrected chi connectivity index (χ1v) is 9.86. The number of benzene rings is 1. The zero-order valence-electron chi connectivity index (χ0n) is 12.8. The van der Waals surface area contributed by atoms with E-state index in [1.54, 1.807) is 23.6 Å². The van der Waals surface area contributed by atoms with Crippen molar-refractivity contribution < 1.29 is 8.42 Å². The fourth-order valence-electron chi connectivity index (χ4n) is 2.52. The lowest BCUT2D eigenvalue weighted by molar-refractivity contribution is 0.570. The Morgan fingerprint density at radius 1 is 1.35 bits per heavy atom. The highest BCUT2D eigenvalue weighted by Crippen LogP contribution is 2.22. The van der Waals surface area contributed by atoms with Crippen molar-refractivity contribution in [3.8, 4) is 0 Å². The van der Waals surface area contributed by atoms with Gasteiger partial charge in [0.25, 0.3) is 0 Å². The highest BCUT2D eigenvalue weighted by Gasteiger charge is 2.26. The van der Waals surface area contributed by atoms with Crippen molar-refractivity contribution in [1.82, 2.24) is 9.71 Å². The minimum atomic E-state index is -3.44. The molecule has 0 amide bonds. The summed E-state index contributed by atoms with van der Waals surface area (Å²) in [5.74, 6) is 0. The maximum absolute atomic E-state index is 12.2. The molecule has 1 aliphatic heterocycles. The normalized spacial score (nSPS) is 18.8. The Bertz CT molecular complexity index is 768. The number of nitrogens with one attached hydrogen (secondary N) is 1. The van der Waals surface area contributed by atoms with E-state index in [1.165, 1.54) is 5.41 Å². The van der Waals surface area contributed by atoms with E-state index in [0.29, 0.717) is 6.54 Å². The molecule has 1 aromatic heterocycles. The van der Waals surface area contributed by atoms with Gasteiger partial charge in [-0.3, -0.25) is 0 Å². The van der Waals surface area contributed by atoms with E-state index in [0.717, 1.165) is 29.2 Å². The van der Waals surface area contributed by atoms with Crippen LogP contribution in [0.25, 0.3) is 6.08 Å². The minimum absolute atomic E-state index is 0.0773. The lowest BCUT2D eigenvalue weighted by atomic mass is 10.2. The molecule has 0 radical (unpaired) electrons. The fourth-order valence-corrected chi connectivity index (χ4v) is 4.27. The van der Waals surface area contributed by atoms with Gasteiger partial charge in [-0.2, -0.15) is 0 Å². The van der Waals surface area contributed by atoms with E-state index in [2.05, 4.69) is 14.6 Å². The summed E-state index contributed by atoms with van der Waals surface area (Å²) in [4.78, 5) is 6.38. The van der Waals surface area contributed by atoms with E-state index in [-0.39, 0.29) is 6.04 Å². The summed E-state index contributed by atoms with van der Waals surface area (Å²) in [6.07, 6.45) is 4.17. The van der Waals surface area contributed by atoms with Crippen molar-refractivity contribution in [2.75, 3.05) is 18.0 Å². The molecule has 0 spiro atoms. The summed E-state index contributed by atoms with van der Waals surface area (Å²) in [6, 6.07) is 7.65. The molecule has 1 aromatic carbocycles. The predicted octanol–water partition coefficient (Wildman–Crippen LogP) is 2.62. The molecule has 0 saturated carbocycles. The highest BCUT2D eigenvalue weighted by atomic mass is 32.2. The summed E-state index contributed by atoms with van der Waals surface area (Å²) < 4.78 is 27.1. The SMILES string of the molecule is Cc1ccc(/C=C/S(=O)(=O)NC2CCN(c3nccs3)C2)cc1. The van der Waals surface area contributed by atoms with Crippen molar-refractivity contribution in [2.24, 2.45) is 0 Å². The summed E-state index contributed by atoms with van der Waals surface area (Å²) >= 11 is 1.57. The minimum Gasteiger partial charge on any atom is -0.346 e. The molecule has 2 aromatic rings. The Kier molecular flexibility index (Phi) is 4.79. The van der Waals surface area contributed by atoms with Crippen LogP contribution in [0, 0.1) is 6.92 Å². The summed E-state index contributed by atoms with van der Waals surface area (Å²) in [6.45, 7) is 3.48. The van der Waals surface area contributed by atoms with Crippen molar-refractivity contribution in [2.45, 2.75) is 19.4 Å². The summed E-state index contributed by atoms with van der Waals surface area (Å²) in [7, 11) is -3.44. The van der Waals surface area contributed by atoms with Crippen LogP contribution in [0.4, 0.5) is 5.13 Å². The van der Waals surface area contributed by atoms with Crippen LogP contribution in [0.1, 0.15) is 17.5 Å². The van der Waals surface area contributed by atoms with Crippen molar-refractivity contribution in [3.63, 3.8) is 0 Å². The number of rotatable bonds is 5. The average Bonchev–Trinajstić information content (AvgIpc) is 3.17. The van der Waals surface area contributed by atoms with Gasteiger partial charge in [0.15, 0.2) is 5.13 Å². The first-order valence-electron chi connectivity index (χ1n) is 7.43. The van der Waals surface area contributed by atoms with Crippen LogP contribution < -0.4 is 9.62 Å². The van der Waals surface area contributed by atoms with Gasteiger partial charge in [0.2, 0.25) is 10.0 Å². The molecule has 1 unspecified atom stereocenters. The molecular weight excluding hydrogens is 330 g/mol. The van der Waals surface area contributed by atoms with Crippen LogP contribution in [0.15, 0.2) is 41.3 Å². The summed E-state index contributed by atoms with van der Waals surface area (Å²) in [5.41, 5.74) is 2.02. The molecule has 2 heterocycles. The third-order valence-electron chi connectivity index (χ3n) is 3.73. The maximum atomic E-state index is 12.2. The van der Waals surface area contributed by atoms with Crippen LogP contribution in [0.5, 0.6) is 0 Å². The molecule has 1 aliphatic rings. The number of sulfonamides is 1. The largest absolute Gasteiger partial charge is 0.346 e. The molecule has 1 N–H and O–H groups in total. The predicted molar refractivity (Wildman–Crippen MR) is 95.0 cm³/mol. The monoisotopic (exact) mass is 349 g/mol. The van der Waals surface area contributed by atoms with Gasteiger partial charge in [-0.15, -0.1) is 11.3 Å². The summed E-state index contributed by atoms with van der Waals surface area (Å²) in [5, 5.41) is 4.11. The Morgan fingerprint density at radius 2 is 2.13 bits per heavy atom. The van der Waals surface area contributed by atoms with Crippen LogP contribution in [0.3, 0.4) is 0 Å². The second-order valence-electron chi connectivity index (χ2n) is 5.62. The molecule has 3 rings (SSSR count). The van der Waals surface area contributed by atoms with Gasteiger partial charge in [-0.1, -0.05) is 29.8 Å². The van der Waals surface area contributed by atoms with Crippen LogP contribution in [0.2, 0.25) is 0 Å². The van der Waals surface area contributed by atoms with E-state index < -0.39 is 10.0 Å². The zero-order chi connectivity index (χ0) is 16.3. The number of anilines is 1. The van der Waals surface area contributed by atoms with Crippen molar-refractivity contribution in [1.29, 1.82) is 0 Å². The lowest BCUT2D eigenvalue weighted by Gasteiger charge is -2.15. The van der Waals surface area contributed by atoms with Gasteiger partial charge < -0.3 is 4.90 Å². The zero-order valence-corrected chi connectivity index (χ0v) is 14.5. The number of hydrogen-bond acceptors (Lipinski definition) is 5. The van der Waals surface area contributed by atoms with Gasteiger partial charge >= 0.3 is 0 Å². The Balaban J connectivity index is 1.59. The smallest absolute Gasteiger partial charge is 0.234 e. The van der Waals surface area contributed by atoms with E-state index in [9.17, 15) is 8.42 Å². The number of aryl methyl sites for hydroxylation is 1. The standard InChI is InChI=1S/C16H19N3O2S2/c1-13-2-4-14(5-3-13)7-11-23(20,21)18-15-6-9-19(12-15)16-17-8-10-22-16/h2-5,7-8,10-11,15,18H,6,9,12H2,1H3/b11-7+. The van der Waals surface area contributed by atoms with Crippen molar-refractivity contribution >= 4 is 32.6 Å². The second kappa shape index (κ2) is 6.82. The lowest BCUT2D eigenvalue weighted by Crippen LogP contribution is -2.35. The number of nitrogens with zero attached hydrogens (tertiary/aromatic N) is 2. The Labute approximate surface area is 140 Å². The van der Waals surface area contributed by atoms with Gasteiger partial charge in [-0.25, -0.2) is 18.1 Å². The van der Waals surface area contributed by atoms with Crippen molar-refractivity contribution in [3.05, 3.63) is 52.4 Å². The molecule has 1 atom stereocenters. The van der Waals surface area contributed by atoms with E-state index >= 15 is 0 Å². The molecule has 122 valence electrons. The number of aromatic nitrogens is 1. The van der Waals surface area contributed by atoms with E-state index in [4.69, 9.17) is 0 Å². The highest BCUT2D eigenvalue weighted by molar-refractivity contribution is 7.92. The maximum Gasteiger partial charge on any atom is 0.234 e. The van der Waals surface area contributed by atoms with Gasteiger partial charge in [-0.05, 0) is 25.0 Å².